The maximum atomic E-state index is 11.9. The molecule has 0 aliphatic carbocycles. The summed E-state index contributed by atoms with van der Waals surface area (Å²) in [4.78, 5) is 10.3. The summed E-state index contributed by atoms with van der Waals surface area (Å²) in [5.74, 6) is 0. The summed E-state index contributed by atoms with van der Waals surface area (Å²) in [7, 11) is -3.66. The van der Waals surface area contributed by atoms with Crippen LogP contribution in [0, 0.1) is 0 Å². The molecule has 0 aromatic heterocycles. The lowest BCUT2D eigenvalue weighted by Crippen LogP contribution is -2.25. The second kappa shape index (κ2) is 4.65. The standard InChI is InChI=1S/C12H10NO3S/c14-9-8-13-17(15,16)12-7-3-5-10-4-1-2-6-11(10)12/h1-7,13H,8H2. The van der Waals surface area contributed by atoms with Crippen molar-refractivity contribution in [2.24, 2.45) is 0 Å². The van der Waals surface area contributed by atoms with E-state index in [0.717, 1.165) is 5.39 Å². The van der Waals surface area contributed by atoms with E-state index in [9.17, 15) is 13.2 Å². The van der Waals surface area contributed by atoms with E-state index in [0.29, 0.717) is 5.39 Å². The first-order chi connectivity index (χ1) is 8.15. The number of nitrogens with one attached hydrogen (secondary N) is 1. The van der Waals surface area contributed by atoms with Gasteiger partial charge in [-0.1, -0.05) is 36.4 Å². The molecule has 0 unspecified atom stereocenters. The molecule has 2 aromatic carbocycles. The van der Waals surface area contributed by atoms with Crippen molar-refractivity contribution in [3.63, 3.8) is 0 Å². The fourth-order valence-electron chi connectivity index (χ4n) is 1.63. The number of carbonyl (C=O) groups excluding carboxylic acids is 1. The first kappa shape index (κ1) is 11.8. The summed E-state index contributed by atoms with van der Waals surface area (Å²) in [5, 5.41) is 1.47. The number of hydrogen-bond donors (Lipinski definition) is 1. The normalized spacial score (nSPS) is 11.5. The molecule has 0 spiro atoms. The molecule has 0 bridgehead atoms. The smallest absolute Gasteiger partial charge is 0.241 e. The Morgan fingerprint density at radius 1 is 1.06 bits per heavy atom. The summed E-state index contributed by atoms with van der Waals surface area (Å²) in [6.07, 6.45) is 1.50. The van der Waals surface area contributed by atoms with E-state index >= 15 is 0 Å². The van der Waals surface area contributed by atoms with Crippen LogP contribution in [0.2, 0.25) is 0 Å². The van der Waals surface area contributed by atoms with Crippen LogP contribution in [0.5, 0.6) is 0 Å². The second-order valence-corrected chi connectivity index (χ2v) is 5.18. The highest BCUT2D eigenvalue weighted by Crippen LogP contribution is 2.22. The van der Waals surface area contributed by atoms with Crippen LogP contribution < -0.4 is 4.72 Å². The minimum atomic E-state index is -3.66. The molecule has 1 radical (unpaired) electrons. The fourth-order valence-corrected chi connectivity index (χ4v) is 2.77. The summed E-state index contributed by atoms with van der Waals surface area (Å²) >= 11 is 0. The summed E-state index contributed by atoms with van der Waals surface area (Å²) in [6.45, 7) is -0.342. The monoisotopic (exact) mass is 248 g/mol. The lowest BCUT2D eigenvalue weighted by Gasteiger charge is -2.07. The number of sulfonamides is 1. The Morgan fingerprint density at radius 3 is 2.53 bits per heavy atom. The molecule has 0 atom stereocenters. The third kappa shape index (κ3) is 2.35. The molecule has 17 heavy (non-hydrogen) atoms. The topological polar surface area (TPSA) is 63.2 Å². The molecule has 87 valence electrons. The van der Waals surface area contributed by atoms with E-state index in [-0.39, 0.29) is 11.4 Å². The van der Waals surface area contributed by atoms with Gasteiger partial charge in [0.1, 0.15) is 0 Å². The average molecular weight is 248 g/mol. The van der Waals surface area contributed by atoms with Gasteiger partial charge in [-0.05, 0) is 11.5 Å². The molecular weight excluding hydrogens is 238 g/mol. The van der Waals surface area contributed by atoms with Gasteiger partial charge in [0.15, 0.2) is 0 Å². The Morgan fingerprint density at radius 2 is 1.76 bits per heavy atom. The van der Waals surface area contributed by atoms with Gasteiger partial charge in [0.05, 0.1) is 11.4 Å². The second-order valence-electron chi connectivity index (χ2n) is 3.45. The third-order valence-electron chi connectivity index (χ3n) is 2.37. The lowest BCUT2D eigenvalue weighted by molar-refractivity contribution is 0.550. The Bertz CT molecular complexity index is 644. The van der Waals surface area contributed by atoms with Gasteiger partial charge in [0, 0.05) is 5.39 Å². The minimum Gasteiger partial charge on any atom is -0.289 e. The van der Waals surface area contributed by atoms with Crippen molar-refractivity contribution < 1.29 is 13.2 Å². The number of rotatable bonds is 4. The molecule has 0 saturated heterocycles. The first-order valence-corrected chi connectivity index (χ1v) is 6.46. The molecule has 2 aromatic rings. The van der Waals surface area contributed by atoms with Gasteiger partial charge >= 0.3 is 0 Å². The molecule has 1 N–H and O–H groups in total. The van der Waals surface area contributed by atoms with Crippen LogP contribution in [-0.2, 0) is 14.8 Å². The third-order valence-corrected chi connectivity index (χ3v) is 3.83. The molecule has 0 saturated carbocycles. The van der Waals surface area contributed by atoms with Crippen LogP contribution in [0.1, 0.15) is 0 Å². The lowest BCUT2D eigenvalue weighted by atomic mass is 10.1. The highest BCUT2D eigenvalue weighted by Gasteiger charge is 2.15. The van der Waals surface area contributed by atoms with Crippen molar-refractivity contribution in [2.45, 2.75) is 4.90 Å². The molecule has 0 fully saturated rings. The SMILES string of the molecule is O=[C]CNS(=O)(=O)c1cccc2ccccc12. The van der Waals surface area contributed by atoms with Gasteiger partial charge in [0.2, 0.25) is 16.3 Å². The van der Waals surface area contributed by atoms with Crippen molar-refractivity contribution >= 4 is 27.1 Å². The summed E-state index contributed by atoms with van der Waals surface area (Å²) in [5.41, 5.74) is 0. The molecule has 0 aliphatic rings. The van der Waals surface area contributed by atoms with Crippen molar-refractivity contribution in [1.82, 2.24) is 4.72 Å². The maximum absolute atomic E-state index is 11.9. The van der Waals surface area contributed by atoms with Crippen LogP contribution in [0.25, 0.3) is 10.8 Å². The average Bonchev–Trinajstić information content (AvgIpc) is 2.36. The molecule has 0 heterocycles. The van der Waals surface area contributed by atoms with E-state index in [1.165, 1.54) is 12.4 Å². The number of hydrogen-bond acceptors (Lipinski definition) is 3. The zero-order valence-electron chi connectivity index (χ0n) is 8.88. The van der Waals surface area contributed by atoms with E-state index in [1.807, 2.05) is 18.2 Å². The fraction of sp³-hybridized carbons (Fsp3) is 0.0833. The van der Waals surface area contributed by atoms with Gasteiger partial charge < -0.3 is 0 Å². The Balaban J connectivity index is 2.59. The Kier molecular flexibility index (Phi) is 3.21. The van der Waals surface area contributed by atoms with Crippen molar-refractivity contribution in [3.8, 4) is 0 Å². The Labute approximate surface area is 99.3 Å². The summed E-state index contributed by atoms with van der Waals surface area (Å²) < 4.78 is 26.0. The van der Waals surface area contributed by atoms with E-state index in [2.05, 4.69) is 4.72 Å². The predicted octanol–water partition coefficient (Wildman–Crippen LogP) is 1.23. The highest BCUT2D eigenvalue weighted by atomic mass is 32.2. The molecule has 5 heteroatoms. The molecule has 2 rings (SSSR count). The van der Waals surface area contributed by atoms with Gasteiger partial charge in [-0.2, -0.15) is 0 Å². The van der Waals surface area contributed by atoms with Crippen LogP contribution >= 0.6 is 0 Å². The van der Waals surface area contributed by atoms with Gasteiger partial charge in [0.25, 0.3) is 0 Å². The quantitative estimate of drug-likeness (QED) is 0.885. The zero-order chi connectivity index (χ0) is 12.3. The zero-order valence-corrected chi connectivity index (χ0v) is 9.70. The maximum Gasteiger partial charge on any atom is 0.241 e. The molecule has 4 nitrogen and oxygen atoms in total. The molecule has 0 aliphatic heterocycles. The predicted molar refractivity (Wildman–Crippen MR) is 64.8 cm³/mol. The number of benzene rings is 2. The van der Waals surface area contributed by atoms with Crippen LogP contribution in [0.4, 0.5) is 0 Å². The van der Waals surface area contributed by atoms with Crippen LogP contribution in [0.15, 0.2) is 47.4 Å². The van der Waals surface area contributed by atoms with Crippen LogP contribution in [-0.4, -0.2) is 21.2 Å². The van der Waals surface area contributed by atoms with E-state index < -0.39 is 10.0 Å². The van der Waals surface area contributed by atoms with Crippen molar-refractivity contribution in [3.05, 3.63) is 42.5 Å². The van der Waals surface area contributed by atoms with Crippen molar-refractivity contribution in [1.29, 1.82) is 0 Å². The van der Waals surface area contributed by atoms with Crippen LogP contribution in [0.3, 0.4) is 0 Å². The Hall–Kier alpha value is -1.72. The number of fused-ring (bicyclic) bond motifs is 1. The van der Waals surface area contributed by atoms with E-state index in [1.54, 1.807) is 18.2 Å². The van der Waals surface area contributed by atoms with Gasteiger partial charge in [-0.15, -0.1) is 0 Å². The highest BCUT2D eigenvalue weighted by molar-refractivity contribution is 7.89. The van der Waals surface area contributed by atoms with E-state index in [4.69, 9.17) is 0 Å². The minimum absolute atomic E-state index is 0.172. The van der Waals surface area contributed by atoms with Gasteiger partial charge in [-0.25, -0.2) is 13.1 Å². The first-order valence-electron chi connectivity index (χ1n) is 4.97. The molecule has 0 amide bonds. The summed E-state index contributed by atoms with van der Waals surface area (Å²) in [6, 6.07) is 12.2. The largest absolute Gasteiger partial charge is 0.289 e. The van der Waals surface area contributed by atoms with Gasteiger partial charge in [-0.3, -0.25) is 4.79 Å². The molecular formula is C12H10NO3S. The van der Waals surface area contributed by atoms with Crippen molar-refractivity contribution in [2.75, 3.05) is 6.54 Å².